The normalized spacial score (nSPS) is 33.3. The number of carbonyl (C=O) groups is 1. The molecule has 0 radical (unpaired) electrons. The van der Waals surface area contributed by atoms with E-state index in [0.29, 0.717) is 25.9 Å². The fourth-order valence-corrected chi connectivity index (χ4v) is 3.18. The van der Waals surface area contributed by atoms with E-state index in [-0.39, 0.29) is 24.8 Å². The Morgan fingerprint density at radius 1 is 1.16 bits per heavy atom. The third-order valence-electron chi connectivity index (χ3n) is 4.26. The van der Waals surface area contributed by atoms with Crippen molar-refractivity contribution < 1.29 is 18.0 Å². The van der Waals surface area contributed by atoms with Gasteiger partial charge in [-0.1, -0.05) is 6.42 Å². The van der Waals surface area contributed by atoms with Gasteiger partial charge in [0.15, 0.2) is 0 Å². The molecule has 2 aliphatic rings. The highest BCUT2D eigenvalue weighted by molar-refractivity contribution is 5.79. The number of halogens is 3. The second-order valence-corrected chi connectivity index (χ2v) is 5.79. The molecule has 0 aromatic carbocycles. The standard InChI is InChI=1S/C13H21F3N2O/c14-13(15,16)10-4-1-3-9(7-10)12(19)18-6-2-5-11(17)8-18/h9-11H,1-8,17H2. The quantitative estimate of drug-likeness (QED) is 0.800. The lowest BCUT2D eigenvalue weighted by atomic mass is 9.80. The van der Waals surface area contributed by atoms with Crippen LogP contribution in [0, 0.1) is 11.8 Å². The summed E-state index contributed by atoms with van der Waals surface area (Å²) in [7, 11) is 0. The van der Waals surface area contributed by atoms with Crippen LogP contribution < -0.4 is 5.73 Å². The Morgan fingerprint density at radius 3 is 2.53 bits per heavy atom. The average molecular weight is 278 g/mol. The first-order valence-corrected chi connectivity index (χ1v) is 6.99. The van der Waals surface area contributed by atoms with Crippen molar-refractivity contribution in [3.8, 4) is 0 Å². The average Bonchev–Trinajstić information content (AvgIpc) is 2.37. The molecule has 2 fully saturated rings. The fourth-order valence-electron chi connectivity index (χ4n) is 3.18. The Morgan fingerprint density at radius 2 is 1.89 bits per heavy atom. The Bertz CT molecular complexity index is 332. The van der Waals surface area contributed by atoms with Crippen LogP contribution in [0.2, 0.25) is 0 Å². The summed E-state index contributed by atoms with van der Waals surface area (Å²) in [5, 5.41) is 0. The molecule has 0 aromatic rings. The molecule has 1 heterocycles. The van der Waals surface area contributed by atoms with Crippen molar-refractivity contribution in [3.05, 3.63) is 0 Å². The van der Waals surface area contributed by atoms with Crippen LogP contribution in [-0.4, -0.2) is 36.1 Å². The van der Waals surface area contributed by atoms with E-state index in [9.17, 15) is 18.0 Å². The zero-order valence-corrected chi connectivity index (χ0v) is 11.0. The second kappa shape index (κ2) is 5.69. The van der Waals surface area contributed by atoms with E-state index in [1.807, 2.05) is 0 Å². The molecular weight excluding hydrogens is 257 g/mol. The van der Waals surface area contributed by atoms with Gasteiger partial charge in [0.25, 0.3) is 0 Å². The highest BCUT2D eigenvalue weighted by Crippen LogP contribution is 2.40. The number of nitrogens with zero attached hydrogens (tertiary/aromatic N) is 1. The zero-order chi connectivity index (χ0) is 14.0. The third kappa shape index (κ3) is 3.61. The Balaban J connectivity index is 1.95. The lowest BCUT2D eigenvalue weighted by molar-refractivity contribution is -0.187. The van der Waals surface area contributed by atoms with E-state index in [0.717, 1.165) is 12.8 Å². The van der Waals surface area contributed by atoms with Crippen LogP contribution in [0.15, 0.2) is 0 Å². The Hall–Kier alpha value is -0.780. The van der Waals surface area contributed by atoms with Crippen molar-refractivity contribution in [3.63, 3.8) is 0 Å². The van der Waals surface area contributed by atoms with E-state index in [2.05, 4.69) is 0 Å². The van der Waals surface area contributed by atoms with Crippen LogP contribution in [-0.2, 0) is 4.79 Å². The number of rotatable bonds is 1. The van der Waals surface area contributed by atoms with Gasteiger partial charge >= 0.3 is 6.18 Å². The molecule has 3 nitrogen and oxygen atoms in total. The molecule has 3 unspecified atom stereocenters. The van der Waals surface area contributed by atoms with Gasteiger partial charge in [-0.3, -0.25) is 4.79 Å². The molecule has 1 aliphatic heterocycles. The van der Waals surface area contributed by atoms with E-state index in [1.165, 1.54) is 0 Å². The molecule has 110 valence electrons. The Kier molecular flexibility index (Phi) is 4.38. The number of carbonyl (C=O) groups excluding carboxylic acids is 1. The lowest BCUT2D eigenvalue weighted by Gasteiger charge is -2.36. The number of alkyl halides is 3. The molecule has 19 heavy (non-hydrogen) atoms. The summed E-state index contributed by atoms with van der Waals surface area (Å²) in [5.74, 6) is -1.90. The maximum atomic E-state index is 12.7. The summed E-state index contributed by atoms with van der Waals surface area (Å²) in [6.07, 6.45) is -1.25. The second-order valence-electron chi connectivity index (χ2n) is 5.79. The maximum Gasteiger partial charge on any atom is 0.391 e. The van der Waals surface area contributed by atoms with Gasteiger partial charge in [0.1, 0.15) is 0 Å². The number of piperidine rings is 1. The SMILES string of the molecule is NC1CCCN(C(=O)C2CCCC(C(F)(F)F)C2)C1. The van der Waals surface area contributed by atoms with Crippen molar-refractivity contribution in [2.24, 2.45) is 17.6 Å². The van der Waals surface area contributed by atoms with Gasteiger partial charge in [-0.15, -0.1) is 0 Å². The van der Waals surface area contributed by atoms with Gasteiger partial charge in [0, 0.05) is 25.0 Å². The van der Waals surface area contributed by atoms with Crippen molar-refractivity contribution in [1.29, 1.82) is 0 Å². The van der Waals surface area contributed by atoms with Gasteiger partial charge < -0.3 is 10.6 Å². The van der Waals surface area contributed by atoms with Crippen molar-refractivity contribution >= 4 is 5.91 Å². The molecular formula is C13H21F3N2O. The van der Waals surface area contributed by atoms with Crippen LogP contribution in [0.1, 0.15) is 38.5 Å². The summed E-state index contributed by atoms with van der Waals surface area (Å²) < 4.78 is 38.2. The van der Waals surface area contributed by atoms with Crippen molar-refractivity contribution in [1.82, 2.24) is 4.90 Å². The van der Waals surface area contributed by atoms with Crippen LogP contribution in [0.4, 0.5) is 13.2 Å². The van der Waals surface area contributed by atoms with Gasteiger partial charge in [-0.05, 0) is 32.1 Å². The first-order valence-electron chi connectivity index (χ1n) is 6.99. The zero-order valence-electron chi connectivity index (χ0n) is 11.0. The van der Waals surface area contributed by atoms with Gasteiger partial charge in [0.2, 0.25) is 5.91 Å². The van der Waals surface area contributed by atoms with Crippen molar-refractivity contribution in [2.75, 3.05) is 13.1 Å². The van der Waals surface area contributed by atoms with Crippen molar-refractivity contribution in [2.45, 2.75) is 50.7 Å². The third-order valence-corrected chi connectivity index (χ3v) is 4.26. The molecule has 1 amide bonds. The first-order chi connectivity index (χ1) is 8.88. The molecule has 0 bridgehead atoms. The van der Waals surface area contributed by atoms with Crippen LogP contribution in [0.25, 0.3) is 0 Å². The molecule has 1 aliphatic carbocycles. The van der Waals surface area contributed by atoms with Crippen LogP contribution in [0.3, 0.4) is 0 Å². The molecule has 0 spiro atoms. The minimum atomic E-state index is -4.17. The van der Waals surface area contributed by atoms with E-state index >= 15 is 0 Å². The summed E-state index contributed by atoms with van der Waals surface area (Å²) in [6, 6.07) is -0.0281. The van der Waals surface area contributed by atoms with E-state index in [1.54, 1.807) is 4.90 Å². The largest absolute Gasteiger partial charge is 0.391 e. The fraction of sp³-hybridized carbons (Fsp3) is 0.923. The number of likely N-dealkylation sites (tertiary alicyclic amines) is 1. The summed E-state index contributed by atoms with van der Waals surface area (Å²) in [6.45, 7) is 1.13. The minimum absolute atomic E-state index is 0.0281. The van der Waals surface area contributed by atoms with Crippen LogP contribution >= 0.6 is 0 Å². The summed E-state index contributed by atoms with van der Waals surface area (Å²) in [4.78, 5) is 13.9. The van der Waals surface area contributed by atoms with Gasteiger partial charge in [-0.2, -0.15) is 13.2 Å². The molecule has 6 heteroatoms. The predicted octanol–water partition coefficient (Wildman–Crippen LogP) is 2.30. The monoisotopic (exact) mass is 278 g/mol. The maximum absolute atomic E-state index is 12.7. The van der Waals surface area contributed by atoms with Gasteiger partial charge in [-0.25, -0.2) is 0 Å². The molecule has 3 atom stereocenters. The molecule has 0 aromatic heterocycles. The minimum Gasteiger partial charge on any atom is -0.341 e. The predicted molar refractivity (Wildman–Crippen MR) is 65.3 cm³/mol. The number of nitrogens with two attached hydrogens (primary N) is 1. The number of hydrogen-bond donors (Lipinski definition) is 1. The van der Waals surface area contributed by atoms with E-state index in [4.69, 9.17) is 5.73 Å². The smallest absolute Gasteiger partial charge is 0.341 e. The number of amides is 1. The molecule has 2 rings (SSSR count). The molecule has 2 N–H and O–H groups in total. The molecule has 1 saturated heterocycles. The topological polar surface area (TPSA) is 46.3 Å². The van der Waals surface area contributed by atoms with Gasteiger partial charge in [0.05, 0.1) is 5.92 Å². The summed E-state index contributed by atoms with van der Waals surface area (Å²) >= 11 is 0. The van der Waals surface area contributed by atoms with E-state index < -0.39 is 18.0 Å². The summed E-state index contributed by atoms with van der Waals surface area (Å²) in [5.41, 5.74) is 5.82. The van der Waals surface area contributed by atoms with Crippen LogP contribution in [0.5, 0.6) is 0 Å². The lowest BCUT2D eigenvalue weighted by Crippen LogP contribution is -2.48. The Labute approximate surface area is 111 Å². The highest BCUT2D eigenvalue weighted by atomic mass is 19.4. The number of hydrogen-bond acceptors (Lipinski definition) is 2. The molecule has 1 saturated carbocycles. The highest BCUT2D eigenvalue weighted by Gasteiger charge is 2.44. The first kappa shape index (κ1) is 14.6.